The number of rotatable bonds is 8. The molecule has 1 aromatic carbocycles. The van der Waals surface area contributed by atoms with Crippen LogP contribution in [0.4, 0.5) is 13.2 Å². The maximum Gasteiger partial charge on any atom is 0.416 e. The molecule has 0 spiro atoms. The fraction of sp³-hybridized carbons (Fsp3) is 0.667. The van der Waals surface area contributed by atoms with Crippen molar-refractivity contribution in [3.63, 3.8) is 0 Å². The summed E-state index contributed by atoms with van der Waals surface area (Å²) in [5, 5.41) is 15.9. The van der Waals surface area contributed by atoms with Crippen molar-refractivity contribution < 1.29 is 23.0 Å². The van der Waals surface area contributed by atoms with Crippen LogP contribution in [0.3, 0.4) is 0 Å². The first-order valence-electron chi connectivity index (χ1n) is 10.2. The van der Waals surface area contributed by atoms with Gasteiger partial charge in [0.25, 0.3) is 0 Å². The molecule has 30 heavy (non-hydrogen) atoms. The minimum atomic E-state index is -4.33. The number of aliphatic hydroxyl groups is 1. The van der Waals surface area contributed by atoms with E-state index in [-0.39, 0.29) is 41.4 Å². The summed E-state index contributed by atoms with van der Waals surface area (Å²) in [4.78, 5) is 4.69. The lowest BCUT2D eigenvalue weighted by Gasteiger charge is -2.25. The summed E-state index contributed by atoms with van der Waals surface area (Å²) in [5.74, 6) is 0.648. The average molecular weight is 541 g/mol. The molecule has 1 unspecified atom stereocenters. The number of guanidine groups is 1. The third-order valence-electron chi connectivity index (χ3n) is 5.99. The quantitative estimate of drug-likeness (QED) is 0.267. The van der Waals surface area contributed by atoms with E-state index in [1.54, 1.807) is 6.07 Å². The number of hydrogen-bond donors (Lipinski definition) is 3. The van der Waals surface area contributed by atoms with Gasteiger partial charge < -0.3 is 20.5 Å². The summed E-state index contributed by atoms with van der Waals surface area (Å²) >= 11 is 0. The molecule has 170 valence electrons. The minimum Gasteiger partial charge on any atom is -0.396 e. The maximum atomic E-state index is 13.1. The molecular formula is C21H31F3IN3O2. The van der Waals surface area contributed by atoms with Crippen molar-refractivity contribution in [1.82, 2.24) is 10.6 Å². The Morgan fingerprint density at radius 1 is 1.23 bits per heavy atom. The van der Waals surface area contributed by atoms with Crippen LogP contribution in [0.1, 0.15) is 43.7 Å². The predicted molar refractivity (Wildman–Crippen MR) is 121 cm³/mol. The second kappa shape index (κ2) is 10.5. The molecular weight excluding hydrogens is 510 g/mol. The second-order valence-corrected chi connectivity index (χ2v) is 8.18. The maximum absolute atomic E-state index is 13.1. The van der Waals surface area contributed by atoms with E-state index in [1.807, 2.05) is 6.92 Å². The lowest BCUT2D eigenvalue weighted by molar-refractivity contribution is -0.137. The molecule has 3 N–H and O–H groups in total. The number of aliphatic hydroxyl groups excluding tert-OH is 1. The zero-order chi connectivity index (χ0) is 21.0. The number of ether oxygens (including phenoxy) is 1. The summed E-state index contributed by atoms with van der Waals surface area (Å²) in [6.07, 6.45) is -1.12. The van der Waals surface area contributed by atoms with Gasteiger partial charge in [-0.15, -0.1) is 24.0 Å². The van der Waals surface area contributed by atoms with Crippen LogP contribution in [0.2, 0.25) is 0 Å². The van der Waals surface area contributed by atoms with Gasteiger partial charge in [-0.05, 0) is 44.2 Å². The number of hydrogen-bond acceptors (Lipinski definition) is 3. The molecule has 3 rings (SSSR count). The smallest absolute Gasteiger partial charge is 0.396 e. The van der Waals surface area contributed by atoms with Crippen molar-refractivity contribution in [1.29, 1.82) is 0 Å². The van der Waals surface area contributed by atoms with Crippen molar-refractivity contribution in [2.24, 2.45) is 10.4 Å². The number of aliphatic imine (C=N–C) groups is 1. The fourth-order valence-electron chi connectivity index (χ4n) is 3.87. The molecule has 2 fully saturated rings. The van der Waals surface area contributed by atoms with Gasteiger partial charge in [-0.25, -0.2) is 0 Å². The van der Waals surface area contributed by atoms with E-state index < -0.39 is 11.7 Å². The standard InChI is InChI=1S/C21H30F3N3O2.HI/c1-2-25-18(26-13-19(8-10-28)9-11-29-15-19)27-14-20(6-7-20)16-4-3-5-17(12-16)21(22,23)24;/h3-5,12,28H,2,6-11,13-15H2,1H3,(H2,25,26,27);1H. The number of benzene rings is 1. The van der Waals surface area contributed by atoms with Crippen LogP contribution >= 0.6 is 24.0 Å². The highest BCUT2D eigenvalue weighted by molar-refractivity contribution is 14.0. The fourth-order valence-corrected chi connectivity index (χ4v) is 3.87. The van der Waals surface area contributed by atoms with Gasteiger partial charge in [0.15, 0.2) is 5.96 Å². The number of halogens is 4. The molecule has 0 radical (unpaired) electrons. The summed E-state index contributed by atoms with van der Waals surface area (Å²) < 4.78 is 44.7. The second-order valence-electron chi connectivity index (χ2n) is 8.18. The summed E-state index contributed by atoms with van der Waals surface area (Å²) in [7, 11) is 0. The Hall–Kier alpha value is -1.07. The number of nitrogens with one attached hydrogen (secondary N) is 2. The van der Waals surface area contributed by atoms with E-state index in [4.69, 9.17) is 9.73 Å². The highest BCUT2D eigenvalue weighted by atomic mass is 127. The summed E-state index contributed by atoms with van der Waals surface area (Å²) in [6, 6.07) is 5.64. The Morgan fingerprint density at radius 2 is 2.00 bits per heavy atom. The Bertz CT molecular complexity index is 718. The molecule has 1 aliphatic carbocycles. The molecule has 1 heterocycles. The van der Waals surface area contributed by atoms with Crippen LogP contribution in [-0.2, 0) is 16.3 Å². The molecule has 0 amide bonds. The van der Waals surface area contributed by atoms with Gasteiger partial charge in [0.1, 0.15) is 0 Å². The van der Waals surface area contributed by atoms with Crippen molar-refractivity contribution in [3.05, 3.63) is 35.4 Å². The normalized spacial score (nSPS) is 23.0. The van der Waals surface area contributed by atoms with Gasteiger partial charge in [0, 0.05) is 37.1 Å². The third kappa shape index (κ3) is 6.23. The average Bonchev–Trinajstić information content (AvgIpc) is 3.35. The van der Waals surface area contributed by atoms with Crippen LogP contribution in [0, 0.1) is 5.41 Å². The number of nitrogens with zero attached hydrogens (tertiary/aromatic N) is 1. The molecule has 1 atom stereocenters. The van der Waals surface area contributed by atoms with E-state index >= 15 is 0 Å². The first-order chi connectivity index (χ1) is 13.8. The first kappa shape index (κ1) is 25.2. The van der Waals surface area contributed by atoms with E-state index in [0.29, 0.717) is 45.2 Å². The topological polar surface area (TPSA) is 65.9 Å². The molecule has 1 saturated carbocycles. The summed E-state index contributed by atoms with van der Waals surface area (Å²) in [5.41, 5.74) is -0.308. The van der Waals surface area contributed by atoms with Gasteiger partial charge in [-0.3, -0.25) is 4.99 Å². The number of alkyl halides is 3. The highest BCUT2D eigenvalue weighted by Gasteiger charge is 2.45. The Kier molecular flexibility index (Phi) is 8.81. The van der Waals surface area contributed by atoms with Crippen LogP contribution in [0.15, 0.2) is 29.3 Å². The zero-order valence-corrected chi connectivity index (χ0v) is 19.6. The lowest BCUT2D eigenvalue weighted by atomic mass is 9.84. The Balaban J connectivity index is 0.00000320. The third-order valence-corrected chi connectivity index (χ3v) is 5.99. The molecule has 5 nitrogen and oxygen atoms in total. The van der Waals surface area contributed by atoms with Gasteiger partial charge in [-0.2, -0.15) is 13.2 Å². The monoisotopic (exact) mass is 541 g/mol. The van der Waals surface area contributed by atoms with E-state index in [1.165, 1.54) is 12.1 Å². The Labute approximate surface area is 192 Å². The van der Waals surface area contributed by atoms with Gasteiger partial charge in [-0.1, -0.05) is 18.2 Å². The molecule has 9 heteroatoms. The van der Waals surface area contributed by atoms with E-state index in [2.05, 4.69) is 10.6 Å². The van der Waals surface area contributed by atoms with Crippen LogP contribution in [0.5, 0.6) is 0 Å². The largest absolute Gasteiger partial charge is 0.416 e. The highest BCUT2D eigenvalue weighted by Crippen LogP contribution is 2.48. The predicted octanol–water partition coefficient (Wildman–Crippen LogP) is 3.70. The lowest BCUT2D eigenvalue weighted by Crippen LogP contribution is -2.42. The van der Waals surface area contributed by atoms with Crippen molar-refractivity contribution in [3.8, 4) is 0 Å². The molecule has 1 aliphatic heterocycles. The molecule has 0 aromatic heterocycles. The van der Waals surface area contributed by atoms with Crippen molar-refractivity contribution in [2.45, 2.75) is 44.2 Å². The van der Waals surface area contributed by atoms with Gasteiger partial charge in [0.2, 0.25) is 0 Å². The van der Waals surface area contributed by atoms with Crippen LogP contribution in [0.25, 0.3) is 0 Å². The molecule has 2 aliphatic rings. The van der Waals surface area contributed by atoms with E-state index in [0.717, 1.165) is 30.9 Å². The first-order valence-corrected chi connectivity index (χ1v) is 10.2. The van der Waals surface area contributed by atoms with Crippen molar-refractivity contribution in [2.75, 3.05) is 39.5 Å². The molecule has 1 saturated heterocycles. The minimum absolute atomic E-state index is 0. The van der Waals surface area contributed by atoms with Crippen LogP contribution < -0.4 is 10.6 Å². The van der Waals surface area contributed by atoms with E-state index in [9.17, 15) is 18.3 Å². The van der Waals surface area contributed by atoms with Crippen LogP contribution in [-0.4, -0.2) is 50.5 Å². The molecule has 0 bridgehead atoms. The Morgan fingerprint density at radius 3 is 2.57 bits per heavy atom. The van der Waals surface area contributed by atoms with Crippen molar-refractivity contribution >= 4 is 29.9 Å². The molecule has 1 aromatic rings. The van der Waals surface area contributed by atoms with Gasteiger partial charge in [0.05, 0.1) is 18.7 Å². The SMILES string of the molecule is CCNC(=NCC1(CCO)CCOC1)NCC1(c2cccc(C(F)(F)F)c2)CC1.I. The summed E-state index contributed by atoms with van der Waals surface area (Å²) in [6.45, 7) is 5.10. The zero-order valence-electron chi connectivity index (χ0n) is 17.2. The van der Waals surface area contributed by atoms with Gasteiger partial charge >= 0.3 is 6.18 Å².